The van der Waals surface area contributed by atoms with E-state index < -0.39 is 5.30 Å². The Kier molecular flexibility index (Phi) is 11.0. The van der Waals surface area contributed by atoms with Gasteiger partial charge in [-0.05, 0) is 12.2 Å². The standard InChI is InChI=1S/C2H2O2S3.K.H/c3-1(5)4-2(6)7;;/h(H,3,5)(H,6,7);;/q;+1;-1. The van der Waals surface area contributed by atoms with Crippen molar-refractivity contribution in [2.24, 2.45) is 0 Å². The molecule has 0 bridgehead atoms. The van der Waals surface area contributed by atoms with Gasteiger partial charge in [-0.2, -0.15) is 0 Å². The van der Waals surface area contributed by atoms with E-state index in [-0.39, 0.29) is 57.2 Å². The molecule has 0 aromatic rings. The number of rotatable bonds is 0. The Labute approximate surface area is 107 Å². The van der Waals surface area contributed by atoms with E-state index in [9.17, 15) is 4.79 Å². The first kappa shape index (κ1) is 12.6. The number of carbonyl (C=O) groups excluding carboxylic acids is 1. The van der Waals surface area contributed by atoms with Crippen LogP contribution in [0.25, 0.3) is 0 Å². The summed E-state index contributed by atoms with van der Waals surface area (Å²) in [5, 5.41) is -0.736. The van der Waals surface area contributed by atoms with E-state index in [0.29, 0.717) is 0 Å². The second-order valence-electron chi connectivity index (χ2n) is 0.634. The molecular weight excluding hydrogens is 191 g/mol. The van der Waals surface area contributed by atoms with Crippen molar-refractivity contribution in [3.63, 3.8) is 0 Å². The summed E-state index contributed by atoms with van der Waals surface area (Å²) in [6.45, 7) is 0. The van der Waals surface area contributed by atoms with Gasteiger partial charge in [0.25, 0.3) is 0 Å². The molecule has 0 aliphatic heterocycles. The molecule has 0 unspecified atom stereocenters. The third-order valence-electron chi connectivity index (χ3n) is 0.175. The normalized spacial score (nSPS) is 6.75. The van der Waals surface area contributed by atoms with E-state index in [1.807, 2.05) is 0 Å². The molecule has 42 valence electrons. The van der Waals surface area contributed by atoms with Crippen molar-refractivity contribution < 1.29 is 62.3 Å². The summed E-state index contributed by atoms with van der Waals surface area (Å²) in [4.78, 5) is 9.76. The van der Waals surface area contributed by atoms with Gasteiger partial charge in [-0.3, -0.25) is 0 Å². The van der Waals surface area contributed by atoms with Gasteiger partial charge in [-0.1, -0.05) is 25.3 Å². The van der Waals surface area contributed by atoms with E-state index in [1.54, 1.807) is 0 Å². The number of hydrogen-bond acceptors (Lipinski definition) is 3. The summed E-state index contributed by atoms with van der Waals surface area (Å²) in [5.41, 5.74) is 0. The SMILES string of the molecule is O=C(S)OC(=S)S.[H-].[K+]. The molecule has 0 saturated heterocycles. The molecule has 0 aromatic carbocycles. The minimum atomic E-state index is -0.736. The van der Waals surface area contributed by atoms with Crippen molar-refractivity contribution >= 4 is 47.2 Å². The number of ether oxygens (including phenoxy) is 1. The topological polar surface area (TPSA) is 26.3 Å². The van der Waals surface area contributed by atoms with Gasteiger partial charge in [0, 0.05) is 0 Å². The molecule has 6 heteroatoms. The Hall–Kier alpha value is 1.90. The second kappa shape index (κ2) is 7.01. The third-order valence-corrected chi connectivity index (χ3v) is 0.441. The van der Waals surface area contributed by atoms with Gasteiger partial charge in [-0.15, -0.1) is 0 Å². The van der Waals surface area contributed by atoms with Crippen LogP contribution in [0.15, 0.2) is 0 Å². The minimum absolute atomic E-state index is 0. The van der Waals surface area contributed by atoms with Crippen molar-refractivity contribution in [1.82, 2.24) is 0 Å². The first-order valence-corrected chi connectivity index (χ1v) is 2.57. The van der Waals surface area contributed by atoms with Crippen molar-refractivity contribution in [3.8, 4) is 0 Å². The predicted molar refractivity (Wildman–Crippen MR) is 38.2 cm³/mol. The molecule has 0 heterocycles. The van der Waals surface area contributed by atoms with Crippen molar-refractivity contribution in [2.45, 2.75) is 0 Å². The zero-order chi connectivity index (χ0) is 5.86. The predicted octanol–water partition coefficient (Wildman–Crippen LogP) is -1.62. The van der Waals surface area contributed by atoms with Crippen LogP contribution in [0.4, 0.5) is 4.79 Å². The molecule has 8 heavy (non-hydrogen) atoms. The first-order valence-electron chi connectivity index (χ1n) is 1.26. The zero-order valence-corrected chi connectivity index (χ0v) is 9.85. The molecule has 0 saturated carbocycles. The molecule has 0 aromatic heterocycles. The van der Waals surface area contributed by atoms with Crippen LogP contribution >= 0.6 is 37.5 Å². The summed E-state index contributed by atoms with van der Waals surface area (Å²) >= 11 is 11.0. The molecule has 0 radical (unpaired) electrons. The fourth-order valence-corrected chi connectivity index (χ4v) is 0.458. The summed E-state index contributed by atoms with van der Waals surface area (Å²) in [6, 6.07) is 0. The van der Waals surface area contributed by atoms with Crippen LogP contribution < -0.4 is 51.4 Å². The van der Waals surface area contributed by atoms with Crippen LogP contribution in [0.3, 0.4) is 0 Å². The molecule has 0 rings (SSSR count). The van der Waals surface area contributed by atoms with Gasteiger partial charge in [-0.25, -0.2) is 4.79 Å². The maximum Gasteiger partial charge on any atom is 1.00 e. The quantitative estimate of drug-likeness (QED) is 0.210. The van der Waals surface area contributed by atoms with E-state index in [1.165, 1.54) is 0 Å². The van der Waals surface area contributed by atoms with Gasteiger partial charge >= 0.3 is 56.7 Å². The Balaban J connectivity index is -0.000000180. The maximum atomic E-state index is 9.76. The largest absolute Gasteiger partial charge is 1.00 e. The fourth-order valence-electron chi connectivity index (χ4n) is 0.0747. The van der Waals surface area contributed by atoms with Gasteiger partial charge < -0.3 is 6.16 Å². The molecule has 0 aliphatic carbocycles. The maximum absolute atomic E-state index is 9.76. The number of thiol groups is 2. The Bertz CT molecular complexity index is 96.0. The molecule has 0 aliphatic rings. The number of carbonyl (C=O) groups is 1. The fraction of sp³-hybridized carbons (Fsp3) is 0. The van der Waals surface area contributed by atoms with Gasteiger partial charge in [0.2, 0.25) is 4.38 Å². The van der Waals surface area contributed by atoms with E-state index in [4.69, 9.17) is 0 Å². The molecule has 2 nitrogen and oxygen atoms in total. The average molecular weight is 194 g/mol. The Morgan fingerprint density at radius 2 is 2.00 bits per heavy atom. The zero-order valence-electron chi connectivity index (χ0n) is 5.12. The van der Waals surface area contributed by atoms with Gasteiger partial charge in [0.1, 0.15) is 0 Å². The number of hydrogen-bond donors (Lipinski definition) is 2. The number of thiocarbonyl (C=S) groups is 1. The summed E-state index contributed by atoms with van der Waals surface area (Å²) in [6.07, 6.45) is 0. The molecule has 0 spiro atoms. The first-order chi connectivity index (χ1) is 3.13. The van der Waals surface area contributed by atoms with Crippen LogP contribution in [-0.2, 0) is 4.74 Å². The smallest absolute Gasteiger partial charge is 1.00 e. The summed E-state index contributed by atoms with van der Waals surface area (Å²) in [7, 11) is 0. The van der Waals surface area contributed by atoms with Crippen LogP contribution in [0, 0.1) is 0 Å². The van der Waals surface area contributed by atoms with Crippen molar-refractivity contribution in [1.29, 1.82) is 0 Å². The van der Waals surface area contributed by atoms with Crippen molar-refractivity contribution in [3.05, 3.63) is 0 Å². The minimum Gasteiger partial charge on any atom is -1.00 e. The third kappa shape index (κ3) is 10.8. The average Bonchev–Trinajstić information content (AvgIpc) is 1.27. The van der Waals surface area contributed by atoms with Gasteiger partial charge in [0.05, 0.1) is 0 Å². The van der Waals surface area contributed by atoms with Crippen LogP contribution in [0.5, 0.6) is 0 Å². The van der Waals surface area contributed by atoms with Gasteiger partial charge in [0.15, 0.2) is 0 Å². The van der Waals surface area contributed by atoms with Crippen LogP contribution in [0.2, 0.25) is 0 Å². The van der Waals surface area contributed by atoms with Crippen LogP contribution in [-0.4, -0.2) is 9.68 Å². The van der Waals surface area contributed by atoms with E-state index >= 15 is 0 Å². The molecular formula is C2H3KO2S3. The molecule has 0 amide bonds. The summed E-state index contributed by atoms with van der Waals surface area (Å²) < 4.78 is 3.96. The second-order valence-corrected chi connectivity index (χ2v) is 2.08. The molecule has 0 atom stereocenters. The van der Waals surface area contributed by atoms with Crippen molar-refractivity contribution in [2.75, 3.05) is 0 Å². The van der Waals surface area contributed by atoms with E-state index in [0.717, 1.165) is 0 Å². The monoisotopic (exact) mass is 194 g/mol. The Morgan fingerprint density at radius 3 is 2.00 bits per heavy atom. The Morgan fingerprint density at radius 1 is 1.62 bits per heavy atom. The van der Waals surface area contributed by atoms with Crippen LogP contribution in [0.1, 0.15) is 1.43 Å². The molecule has 0 N–H and O–H groups in total. The molecule has 0 fully saturated rings. The van der Waals surface area contributed by atoms with E-state index in [2.05, 4.69) is 42.2 Å². The summed E-state index contributed by atoms with van der Waals surface area (Å²) in [5.74, 6) is 0.